The van der Waals surface area contributed by atoms with Gasteiger partial charge in [0.2, 0.25) is 5.54 Å². The monoisotopic (exact) mass is 279 g/mol. The molecule has 18 heavy (non-hydrogen) atoms. The van der Waals surface area contributed by atoms with E-state index < -0.39 is 23.1 Å². The first-order valence-electron chi connectivity index (χ1n) is 5.78. The van der Waals surface area contributed by atoms with Gasteiger partial charge < -0.3 is 15.2 Å². The SMILES string of the molecule is CC(C)CC(N)(C(=O)OCCl)C(=O)OC(C)(C)C. The third-order valence-electron chi connectivity index (χ3n) is 2.04. The molecule has 0 fully saturated rings. The largest absolute Gasteiger partial charge is 0.458 e. The number of nitrogens with two attached hydrogens (primary N) is 1. The van der Waals surface area contributed by atoms with Crippen LogP contribution in [-0.2, 0) is 19.1 Å². The molecule has 0 aromatic rings. The van der Waals surface area contributed by atoms with Gasteiger partial charge in [-0.25, -0.2) is 9.59 Å². The van der Waals surface area contributed by atoms with Crippen LogP contribution in [0.1, 0.15) is 41.0 Å². The average molecular weight is 280 g/mol. The van der Waals surface area contributed by atoms with Crippen LogP contribution in [0.3, 0.4) is 0 Å². The molecular formula is C12H22ClNO4. The molecule has 0 radical (unpaired) electrons. The van der Waals surface area contributed by atoms with Crippen LogP contribution >= 0.6 is 11.6 Å². The van der Waals surface area contributed by atoms with Gasteiger partial charge >= 0.3 is 11.9 Å². The summed E-state index contributed by atoms with van der Waals surface area (Å²) >= 11 is 5.33. The Labute approximate surface area is 113 Å². The summed E-state index contributed by atoms with van der Waals surface area (Å²) in [7, 11) is 0. The second kappa shape index (κ2) is 6.38. The summed E-state index contributed by atoms with van der Waals surface area (Å²) in [4.78, 5) is 23.8. The van der Waals surface area contributed by atoms with Crippen LogP contribution in [0, 0.1) is 5.92 Å². The zero-order chi connectivity index (χ0) is 14.6. The normalized spacial score (nSPS) is 15.1. The highest BCUT2D eigenvalue weighted by Crippen LogP contribution is 2.21. The molecule has 0 heterocycles. The smallest absolute Gasteiger partial charge is 0.339 e. The van der Waals surface area contributed by atoms with Crippen LogP contribution in [0.15, 0.2) is 0 Å². The summed E-state index contributed by atoms with van der Waals surface area (Å²) in [5, 5.41) is 0. The number of esters is 2. The number of rotatable bonds is 5. The first-order chi connectivity index (χ1) is 8.03. The highest BCUT2D eigenvalue weighted by atomic mass is 35.5. The van der Waals surface area contributed by atoms with E-state index in [0.717, 1.165) is 0 Å². The van der Waals surface area contributed by atoms with Gasteiger partial charge in [0, 0.05) is 0 Å². The van der Waals surface area contributed by atoms with Crippen LogP contribution in [0.25, 0.3) is 0 Å². The van der Waals surface area contributed by atoms with Gasteiger partial charge in [0.05, 0.1) is 0 Å². The molecule has 1 atom stereocenters. The van der Waals surface area contributed by atoms with E-state index >= 15 is 0 Å². The number of hydrogen-bond acceptors (Lipinski definition) is 5. The van der Waals surface area contributed by atoms with Gasteiger partial charge in [-0.1, -0.05) is 25.4 Å². The Balaban J connectivity index is 5.08. The second-order valence-corrected chi connectivity index (χ2v) is 5.83. The van der Waals surface area contributed by atoms with Crippen molar-refractivity contribution in [2.24, 2.45) is 11.7 Å². The van der Waals surface area contributed by atoms with Gasteiger partial charge in [-0.3, -0.25) is 0 Å². The first kappa shape index (κ1) is 17.2. The lowest BCUT2D eigenvalue weighted by molar-refractivity contribution is -0.171. The number of alkyl halides is 1. The first-order valence-corrected chi connectivity index (χ1v) is 6.32. The van der Waals surface area contributed by atoms with Crippen molar-refractivity contribution >= 4 is 23.5 Å². The van der Waals surface area contributed by atoms with Crippen LogP contribution in [0.2, 0.25) is 0 Å². The second-order valence-electron chi connectivity index (χ2n) is 5.61. The molecule has 0 amide bonds. The zero-order valence-electron chi connectivity index (χ0n) is 11.6. The molecule has 1 unspecified atom stereocenters. The minimum atomic E-state index is -1.81. The van der Waals surface area contributed by atoms with E-state index in [2.05, 4.69) is 4.74 Å². The third-order valence-corrected chi connectivity index (χ3v) is 2.15. The van der Waals surface area contributed by atoms with E-state index in [4.69, 9.17) is 22.1 Å². The van der Waals surface area contributed by atoms with Crippen molar-refractivity contribution in [2.45, 2.75) is 52.2 Å². The molecule has 0 spiro atoms. The highest BCUT2D eigenvalue weighted by molar-refractivity contribution is 6.18. The summed E-state index contributed by atoms with van der Waals surface area (Å²) in [6, 6.07) is -0.349. The number of ether oxygens (including phenoxy) is 2. The number of carbonyl (C=O) groups is 2. The Morgan fingerprint density at radius 2 is 1.72 bits per heavy atom. The minimum absolute atomic E-state index is 0.0328. The fourth-order valence-corrected chi connectivity index (χ4v) is 1.54. The molecule has 0 saturated carbocycles. The van der Waals surface area contributed by atoms with Crippen LogP contribution in [-0.4, -0.2) is 29.1 Å². The van der Waals surface area contributed by atoms with Gasteiger partial charge in [-0.15, -0.1) is 0 Å². The zero-order valence-corrected chi connectivity index (χ0v) is 12.3. The summed E-state index contributed by atoms with van der Waals surface area (Å²) in [6.07, 6.45) is 0.137. The van der Waals surface area contributed by atoms with Crippen molar-refractivity contribution in [1.82, 2.24) is 0 Å². The maximum absolute atomic E-state index is 12.0. The molecule has 6 heteroatoms. The van der Waals surface area contributed by atoms with Crippen molar-refractivity contribution < 1.29 is 19.1 Å². The van der Waals surface area contributed by atoms with Crippen molar-refractivity contribution in [3.8, 4) is 0 Å². The quantitative estimate of drug-likeness (QED) is 0.472. The lowest BCUT2D eigenvalue weighted by Crippen LogP contribution is -2.58. The predicted molar refractivity (Wildman–Crippen MR) is 69.0 cm³/mol. The lowest BCUT2D eigenvalue weighted by atomic mass is 9.89. The fourth-order valence-electron chi connectivity index (χ4n) is 1.44. The number of carbonyl (C=O) groups excluding carboxylic acids is 2. The maximum atomic E-state index is 12.0. The van der Waals surface area contributed by atoms with E-state index in [1.165, 1.54) is 0 Å². The molecule has 0 bridgehead atoms. The Bertz CT molecular complexity index is 312. The molecule has 0 aromatic heterocycles. The standard InChI is InChI=1S/C12H22ClNO4/c1-8(2)6-12(14,9(15)17-7-13)10(16)18-11(3,4)5/h8H,6-7,14H2,1-5H3. The molecule has 0 aliphatic heterocycles. The summed E-state index contributed by atoms with van der Waals surface area (Å²) in [5.74, 6) is -1.62. The van der Waals surface area contributed by atoms with E-state index in [1.54, 1.807) is 20.8 Å². The molecule has 5 nitrogen and oxygen atoms in total. The molecular weight excluding hydrogens is 258 g/mol. The Hall–Kier alpha value is -0.810. The van der Waals surface area contributed by atoms with Gasteiger partial charge in [0.1, 0.15) is 5.60 Å². The molecule has 0 aromatic carbocycles. The maximum Gasteiger partial charge on any atom is 0.339 e. The van der Waals surface area contributed by atoms with E-state index in [9.17, 15) is 9.59 Å². The average Bonchev–Trinajstić information content (AvgIpc) is 2.13. The van der Waals surface area contributed by atoms with Gasteiger partial charge in [0.25, 0.3) is 0 Å². The van der Waals surface area contributed by atoms with Gasteiger partial charge in [-0.05, 0) is 33.1 Å². The summed E-state index contributed by atoms with van der Waals surface area (Å²) in [6.45, 7) is 8.80. The van der Waals surface area contributed by atoms with Crippen molar-refractivity contribution in [2.75, 3.05) is 6.07 Å². The topological polar surface area (TPSA) is 78.6 Å². The summed E-state index contributed by atoms with van der Waals surface area (Å²) < 4.78 is 9.81. The van der Waals surface area contributed by atoms with E-state index in [1.807, 2.05) is 13.8 Å². The van der Waals surface area contributed by atoms with Crippen LogP contribution < -0.4 is 5.73 Å². The predicted octanol–water partition coefficient (Wildman–Crippen LogP) is 1.81. The van der Waals surface area contributed by atoms with Crippen molar-refractivity contribution in [3.05, 3.63) is 0 Å². The van der Waals surface area contributed by atoms with E-state index in [0.29, 0.717) is 0 Å². The Kier molecular flexibility index (Phi) is 6.10. The highest BCUT2D eigenvalue weighted by Gasteiger charge is 2.47. The molecule has 0 saturated heterocycles. The van der Waals surface area contributed by atoms with Crippen molar-refractivity contribution in [3.63, 3.8) is 0 Å². The number of halogens is 1. The van der Waals surface area contributed by atoms with Gasteiger partial charge in [-0.2, -0.15) is 0 Å². The molecule has 0 aliphatic carbocycles. The molecule has 2 N–H and O–H groups in total. The Morgan fingerprint density at radius 3 is 2.06 bits per heavy atom. The number of hydrogen-bond donors (Lipinski definition) is 1. The third kappa shape index (κ3) is 5.23. The summed E-state index contributed by atoms with van der Waals surface area (Å²) in [5.41, 5.74) is 3.34. The molecule has 106 valence electrons. The lowest BCUT2D eigenvalue weighted by Gasteiger charge is -2.30. The van der Waals surface area contributed by atoms with Gasteiger partial charge in [0.15, 0.2) is 6.07 Å². The van der Waals surface area contributed by atoms with Crippen LogP contribution in [0.5, 0.6) is 0 Å². The molecule has 0 rings (SSSR count). The Morgan fingerprint density at radius 1 is 1.22 bits per heavy atom. The fraction of sp³-hybridized carbons (Fsp3) is 0.833. The molecule has 0 aliphatic rings. The minimum Gasteiger partial charge on any atom is -0.458 e. The van der Waals surface area contributed by atoms with Crippen molar-refractivity contribution in [1.29, 1.82) is 0 Å². The van der Waals surface area contributed by atoms with E-state index in [-0.39, 0.29) is 18.4 Å². The van der Waals surface area contributed by atoms with Crippen LogP contribution in [0.4, 0.5) is 0 Å².